The molecule has 1 aliphatic heterocycles. The molecule has 0 aliphatic carbocycles. The fourth-order valence-corrected chi connectivity index (χ4v) is 0.478. The van der Waals surface area contributed by atoms with Crippen molar-refractivity contribution in [1.82, 2.24) is 0 Å². The van der Waals surface area contributed by atoms with Gasteiger partial charge in [-0.15, -0.1) is 0 Å². The van der Waals surface area contributed by atoms with Crippen LogP contribution in [0.3, 0.4) is 0 Å². The summed E-state index contributed by atoms with van der Waals surface area (Å²) in [6.07, 6.45) is 1.89. The van der Waals surface area contributed by atoms with E-state index in [0.29, 0.717) is 6.42 Å². The molecule has 0 amide bonds. The quantitative estimate of drug-likeness (QED) is 0.432. The van der Waals surface area contributed by atoms with Crippen LogP contribution in [0.1, 0.15) is 6.42 Å². The molecule has 0 aromatic rings. The number of allylic oxidation sites excluding steroid dienone is 1. The van der Waals surface area contributed by atoms with E-state index in [9.17, 15) is 4.39 Å². The van der Waals surface area contributed by atoms with E-state index < -0.39 is 5.95 Å². The first-order chi connectivity index (χ1) is 3.30. The number of aliphatic imine (C=N–C) groups is 1. The Kier molecular flexibility index (Phi) is 1.11. The predicted octanol–water partition coefficient (Wildman–Crippen LogP) is 1.84. The summed E-state index contributed by atoms with van der Waals surface area (Å²) in [4.78, 5) is 3.27. The third-order valence-corrected chi connectivity index (χ3v) is 1.01. The van der Waals surface area contributed by atoms with Gasteiger partial charge in [-0.1, -0.05) is 11.6 Å². The second-order valence-corrected chi connectivity index (χ2v) is 1.67. The number of hydrogen-bond acceptors (Lipinski definition) is 1. The van der Waals surface area contributed by atoms with Crippen molar-refractivity contribution >= 4 is 17.8 Å². The number of rotatable bonds is 0. The molecule has 0 unspecified atom stereocenters. The highest BCUT2D eigenvalue weighted by Gasteiger charge is 2.04. The van der Waals surface area contributed by atoms with E-state index in [-0.39, 0.29) is 5.03 Å². The third-order valence-electron chi connectivity index (χ3n) is 0.699. The van der Waals surface area contributed by atoms with Crippen molar-refractivity contribution in [2.75, 3.05) is 0 Å². The Morgan fingerprint density at radius 3 is 2.71 bits per heavy atom. The van der Waals surface area contributed by atoms with Crippen molar-refractivity contribution in [3.63, 3.8) is 0 Å². The van der Waals surface area contributed by atoms with Crippen molar-refractivity contribution in [2.24, 2.45) is 4.99 Å². The molecule has 0 bridgehead atoms. The van der Waals surface area contributed by atoms with Crippen molar-refractivity contribution in [3.05, 3.63) is 11.0 Å². The van der Waals surface area contributed by atoms with Gasteiger partial charge in [0.05, 0.1) is 5.03 Å². The normalized spacial score (nSPS) is 19.1. The summed E-state index contributed by atoms with van der Waals surface area (Å²) in [6.45, 7) is 0. The molecule has 1 rings (SSSR count). The molecular formula is C4H3ClFN. The minimum atomic E-state index is -0.540. The van der Waals surface area contributed by atoms with Crippen molar-refractivity contribution < 1.29 is 4.39 Å². The summed E-state index contributed by atoms with van der Waals surface area (Å²) in [5.74, 6) is -0.540. The Labute approximate surface area is 45.5 Å². The van der Waals surface area contributed by atoms with Gasteiger partial charge in [0, 0.05) is 12.6 Å². The molecule has 1 aliphatic rings. The summed E-state index contributed by atoms with van der Waals surface area (Å²) < 4.78 is 11.9. The molecule has 1 nitrogen and oxygen atoms in total. The minimum Gasteiger partial charge on any atom is -0.231 e. The van der Waals surface area contributed by atoms with Crippen LogP contribution in [0.15, 0.2) is 16.0 Å². The van der Waals surface area contributed by atoms with E-state index >= 15 is 0 Å². The van der Waals surface area contributed by atoms with E-state index in [2.05, 4.69) is 4.99 Å². The SMILES string of the molecule is FC1=C(Cl)CC=N1. The maximum Gasteiger partial charge on any atom is 0.227 e. The summed E-state index contributed by atoms with van der Waals surface area (Å²) in [5.41, 5.74) is 0. The largest absolute Gasteiger partial charge is 0.231 e. The van der Waals surface area contributed by atoms with Crippen LogP contribution >= 0.6 is 11.6 Å². The summed E-state index contributed by atoms with van der Waals surface area (Å²) in [6, 6.07) is 0. The third kappa shape index (κ3) is 0.800. The molecule has 0 aromatic carbocycles. The van der Waals surface area contributed by atoms with Crippen LogP contribution in [0.4, 0.5) is 4.39 Å². The molecule has 0 saturated carbocycles. The molecular weight excluding hydrogens is 117 g/mol. The topological polar surface area (TPSA) is 12.4 Å². The van der Waals surface area contributed by atoms with E-state index in [1.807, 2.05) is 0 Å². The lowest BCUT2D eigenvalue weighted by molar-refractivity contribution is 0.629. The van der Waals surface area contributed by atoms with E-state index in [0.717, 1.165) is 0 Å². The molecule has 0 atom stereocenters. The Hall–Kier alpha value is -0.370. The standard InChI is InChI=1S/C4H3ClFN/c5-3-1-2-7-4(3)6/h2H,1H2. The average Bonchev–Trinajstić information content (AvgIpc) is 1.91. The van der Waals surface area contributed by atoms with E-state index in [1.165, 1.54) is 6.21 Å². The van der Waals surface area contributed by atoms with Gasteiger partial charge >= 0.3 is 0 Å². The first kappa shape index (κ1) is 4.78. The highest BCUT2D eigenvalue weighted by atomic mass is 35.5. The van der Waals surface area contributed by atoms with Gasteiger partial charge in [-0.05, 0) is 0 Å². The van der Waals surface area contributed by atoms with Gasteiger partial charge in [0.25, 0.3) is 0 Å². The van der Waals surface area contributed by atoms with Crippen LogP contribution in [0.25, 0.3) is 0 Å². The zero-order chi connectivity index (χ0) is 5.28. The number of halogens is 2. The number of nitrogens with zero attached hydrogens (tertiary/aromatic N) is 1. The Morgan fingerprint density at radius 2 is 2.57 bits per heavy atom. The second kappa shape index (κ2) is 1.62. The lowest BCUT2D eigenvalue weighted by atomic mass is 10.5. The van der Waals surface area contributed by atoms with Crippen molar-refractivity contribution in [3.8, 4) is 0 Å². The van der Waals surface area contributed by atoms with Crippen LogP contribution in [0.5, 0.6) is 0 Å². The molecule has 0 radical (unpaired) electrons. The van der Waals surface area contributed by atoms with Gasteiger partial charge in [0.2, 0.25) is 5.95 Å². The van der Waals surface area contributed by atoms with E-state index in [1.54, 1.807) is 0 Å². The zero-order valence-corrected chi connectivity index (χ0v) is 4.24. The van der Waals surface area contributed by atoms with Gasteiger partial charge in [-0.2, -0.15) is 4.39 Å². The predicted molar refractivity (Wildman–Crippen MR) is 27.1 cm³/mol. The Bertz CT molecular complexity index is 139. The van der Waals surface area contributed by atoms with Crippen LogP contribution in [0.2, 0.25) is 0 Å². The molecule has 0 spiro atoms. The maximum absolute atomic E-state index is 11.9. The maximum atomic E-state index is 11.9. The van der Waals surface area contributed by atoms with Gasteiger partial charge < -0.3 is 0 Å². The summed E-state index contributed by atoms with van der Waals surface area (Å²) in [5, 5.41) is 0.208. The monoisotopic (exact) mass is 119 g/mol. The van der Waals surface area contributed by atoms with Crippen LogP contribution in [-0.2, 0) is 0 Å². The lowest BCUT2D eigenvalue weighted by Crippen LogP contribution is -1.63. The highest BCUT2D eigenvalue weighted by Crippen LogP contribution is 2.19. The minimum absolute atomic E-state index is 0.208. The number of hydrogen-bond donors (Lipinski definition) is 0. The zero-order valence-electron chi connectivity index (χ0n) is 3.49. The first-order valence-electron chi connectivity index (χ1n) is 1.87. The van der Waals surface area contributed by atoms with Gasteiger partial charge in [-0.25, -0.2) is 4.99 Å². The first-order valence-corrected chi connectivity index (χ1v) is 2.25. The fourth-order valence-electron chi connectivity index (χ4n) is 0.360. The van der Waals surface area contributed by atoms with Crippen LogP contribution < -0.4 is 0 Å². The molecule has 0 fully saturated rings. The molecule has 0 saturated heterocycles. The van der Waals surface area contributed by atoms with Crippen LogP contribution in [0, 0.1) is 0 Å². The molecule has 1 heterocycles. The Balaban J connectivity index is 2.79. The molecule has 0 N–H and O–H groups in total. The fraction of sp³-hybridized carbons (Fsp3) is 0.250. The highest BCUT2D eigenvalue weighted by molar-refractivity contribution is 6.31. The smallest absolute Gasteiger partial charge is 0.227 e. The van der Waals surface area contributed by atoms with Crippen LogP contribution in [-0.4, -0.2) is 6.21 Å². The summed E-state index contributed by atoms with van der Waals surface area (Å²) >= 11 is 5.24. The molecule has 38 valence electrons. The molecule has 3 heteroatoms. The van der Waals surface area contributed by atoms with E-state index in [4.69, 9.17) is 11.6 Å². The Morgan fingerprint density at radius 1 is 1.86 bits per heavy atom. The summed E-state index contributed by atoms with van der Waals surface area (Å²) in [7, 11) is 0. The van der Waals surface area contributed by atoms with Crippen molar-refractivity contribution in [1.29, 1.82) is 0 Å². The van der Waals surface area contributed by atoms with Gasteiger partial charge in [0.1, 0.15) is 0 Å². The van der Waals surface area contributed by atoms with Gasteiger partial charge in [-0.3, -0.25) is 0 Å². The van der Waals surface area contributed by atoms with Gasteiger partial charge in [0.15, 0.2) is 0 Å². The second-order valence-electron chi connectivity index (χ2n) is 1.21. The molecule has 7 heavy (non-hydrogen) atoms. The average molecular weight is 120 g/mol. The van der Waals surface area contributed by atoms with Crippen molar-refractivity contribution in [2.45, 2.75) is 6.42 Å². The lowest BCUT2D eigenvalue weighted by Gasteiger charge is -1.77. The molecule has 0 aromatic heterocycles.